The van der Waals surface area contributed by atoms with Crippen LogP contribution in [0.25, 0.3) is 10.9 Å². The Bertz CT molecular complexity index is 1550. The molecule has 0 spiro atoms. The van der Waals surface area contributed by atoms with Crippen molar-refractivity contribution in [2.45, 2.75) is 36.5 Å². The Hall–Kier alpha value is -3.56. The third-order valence-corrected chi connectivity index (χ3v) is 8.89. The van der Waals surface area contributed by atoms with Crippen LogP contribution in [0.4, 0.5) is 24.5 Å². The van der Waals surface area contributed by atoms with E-state index in [1.165, 1.54) is 16.5 Å². The van der Waals surface area contributed by atoms with Crippen LogP contribution in [0.5, 0.6) is 5.75 Å². The molecule has 0 radical (unpaired) electrons. The third-order valence-electron chi connectivity index (χ3n) is 6.70. The van der Waals surface area contributed by atoms with Gasteiger partial charge in [0.15, 0.2) is 0 Å². The van der Waals surface area contributed by atoms with Crippen molar-refractivity contribution >= 4 is 50.9 Å². The molecule has 0 unspecified atom stereocenters. The van der Waals surface area contributed by atoms with Crippen molar-refractivity contribution in [2.24, 2.45) is 4.99 Å². The fourth-order valence-corrected chi connectivity index (χ4v) is 6.68. The summed E-state index contributed by atoms with van der Waals surface area (Å²) in [5.74, 6) is 8.60. The van der Waals surface area contributed by atoms with Crippen molar-refractivity contribution in [2.75, 3.05) is 42.3 Å². The van der Waals surface area contributed by atoms with Gasteiger partial charge in [-0.05, 0) is 73.2 Å². The van der Waals surface area contributed by atoms with Crippen LogP contribution in [-0.4, -0.2) is 58.5 Å². The summed E-state index contributed by atoms with van der Waals surface area (Å²) >= 11 is 1.42. The van der Waals surface area contributed by atoms with Crippen molar-refractivity contribution in [1.29, 1.82) is 0 Å². The minimum absolute atomic E-state index is 0.131. The lowest BCUT2D eigenvalue weighted by Crippen LogP contribution is -2.29. The van der Waals surface area contributed by atoms with Crippen molar-refractivity contribution in [3.8, 4) is 17.6 Å². The Labute approximate surface area is 243 Å². The minimum Gasteiger partial charge on any atom is -0.495 e. The van der Waals surface area contributed by atoms with Gasteiger partial charge in [-0.1, -0.05) is 18.1 Å². The number of nitrogens with one attached hydrogen (secondary N) is 3. The van der Waals surface area contributed by atoms with Gasteiger partial charge in [-0.3, -0.25) is 9.20 Å². The maximum atomic E-state index is 13.5. The predicted octanol–water partition coefficient (Wildman–Crippen LogP) is 5.56. The standard InChI is InChI=1S/C29H30F3N5O2S2/c1-39-27-18-22(40-36-28-8-4-14-34-28)9-10-25(27)33-13-3-5-21-17-23-24(35-20-11-15-41(38)16-12-20)6-2-7-26(23)37(21)19-29(30,31)32/h2,4,6-10,17-18,20,33,35H,11-16,19H2,1H3,(H,34,36). The Kier molecular flexibility index (Phi) is 9.15. The molecule has 0 saturated carbocycles. The number of rotatable bonds is 8. The molecule has 41 heavy (non-hydrogen) atoms. The summed E-state index contributed by atoms with van der Waals surface area (Å²) < 4.78 is 62.3. The van der Waals surface area contributed by atoms with E-state index in [9.17, 15) is 17.4 Å². The summed E-state index contributed by atoms with van der Waals surface area (Å²) in [6, 6.07) is 12.8. The Morgan fingerprint density at radius 3 is 2.73 bits per heavy atom. The van der Waals surface area contributed by atoms with Gasteiger partial charge in [0.05, 0.1) is 37.1 Å². The molecule has 1 saturated heterocycles. The summed E-state index contributed by atoms with van der Waals surface area (Å²) in [5, 5.41) is 7.34. The van der Waals surface area contributed by atoms with Crippen LogP contribution in [0.3, 0.4) is 0 Å². The monoisotopic (exact) mass is 601 g/mol. The van der Waals surface area contributed by atoms with Crippen molar-refractivity contribution < 1.29 is 22.1 Å². The van der Waals surface area contributed by atoms with Gasteiger partial charge in [0.2, 0.25) is 0 Å². The molecule has 5 rings (SSSR count). The number of halogens is 3. The van der Waals surface area contributed by atoms with Crippen molar-refractivity contribution in [3.63, 3.8) is 0 Å². The fourth-order valence-electron chi connectivity index (χ4n) is 4.72. The molecule has 3 aromatic rings. The maximum absolute atomic E-state index is 13.5. The molecule has 0 atom stereocenters. The molecule has 7 nitrogen and oxygen atoms in total. The average Bonchev–Trinajstić information content (AvgIpc) is 3.59. The second-order valence-electron chi connectivity index (χ2n) is 9.59. The molecule has 0 amide bonds. The summed E-state index contributed by atoms with van der Waals surface area (Å²) in [4.78, 5) is 5.23. The van der Waals surface area contributed by atoms with Crippen LogP contribution in [0.2, 0.25) is 0 Å². The largest absolute Gasteiger partial charge is 0.495 e. The zero-order chi connectivity index (χ0) is 28.8. The quantitative estimate of drug-likeness (QED) is 0.232. The highest BCUT2D eigenvalue weighted by Gasteiger charge is 2.30. The number of methoxy groups -OCH3 is 1. The third kappa shape index (κ3) is 7.59. The van der Waals surface area contributed by atoms with Crippen LogP contribution >= 0.6 is 11.9 Å². The molecule has 0 aliphatic carbocycles. The molecule has 0 bridgehead atoms. The average molecular weight is 602 g/mol. The number of hydrogen-bond acceptors (Lipinski definition) is 7. The zero-order valence-electron chi connectivity index (χ0n) is 22.4. The van der Waals surface area contributed by atoms with E-state index in [0.29, 0.717) is 34.7 Å². The first-order valence-corrected chi connectivity index (χ1v) is 15.4. The molecular weight excluding hydrogens is 571 g/mol. The number of amidine groups is 1. The topological polar surface area (TPSA) is 79.7 Å². The molecule has 2 aromatic carbocycles. The molecule has 216 valence electrons. The van der Waals surface area contributed by atoms with E-state index >= 15 is 0 Å². The van der Waals surface area contributed by atoms with Crippen LogP contribution < -0.4 is 20.1 Å². The highest BCUT2D eigenvalue weighted by atomic mass is 32.2. The number of nitrogens with zero attached hydrogens (tertiary/aromatic N) is 2. The van der Waals surface area contributed by atoms with Gasteiger partial charge in [-0.15, -0.1) is 0 Å². The van der Waals surface area contributed by atoms with Gasteiger partial charge in [0.1, 0.15) is 18.1 Å². The first-order valence-electron chi connectivity index (χ1n) is 13.1. The first-order chi connectivity index (χ1) is 19.8. The Morgan fingerprint density at radius 2 is 2.00 bits per heavy atom. The number of fused-ring (bicyclic) bond motifs is 1. The van der Waals surface area contributed by atoms with Crippen molar-refractivity contribution in [3.05, 3.63) is 60.3 Å². The number of alkyl halides is 3. The lowest BCUT2D eigenvalue weighted by atomic mass is 10.1. The summed E-state index contributed by atoms with van der Waals surface area (Å²) in [6.45, 7) is -0.251. The number of aliphatic imine (C=N–C) groups is 1. The Morgan fingerprint density at radius 1 is 1.17 bits per heavy atom. The van der Waals surface area contributed by atoms with E-state index in [4.69, 9.17) is 4.74 Å². The zero-order valence-corrected chi connectivity index (χ0v) is 24.0. The maximum Gasteiger partial charge on any atom is 0.406 e. The van der Waals surface area contributed by atoms with E-state index in [0.717, 1.165) is 34.9 Å². The van der Waals surface area contributed by atoms with Gasteiger partial charge < -0.3 is 24.7 Å². The van der Waals surface area contributed by atoms with Crippen LogP contribution in [-0.2, 0) is 17.3 Å². The van der Waals surface area contributed by atoms with E-state index in [1.54, 1.807) is 25.3 Å². The normalized spacial score (nSPS) is 18.5. The van der Waals surface area contributed by atoms with Gasteiger partial charge in [-0.25, -0.2) is 0 Å². The SMILES string of the molecule is COc1cc(SNC2=NCC=C2)ccc1NCC#Cc1cc2c(NC3CCS(=O)CC3)cccc2n1CC(F)(F)F. The van der Waals surface area contributed by atoms with Crippen LogP contribution in [0.1, 0.15) is 18.5 Å². The summed E-state index contributed by atoms with van der Waals surface area (Å²) in [6.07, 6.45) is 1.01. The number of hydrogen-bond donors (Lipinski definition) is 3. The molecule has 12 heteroatoms. The molecule has 3 N–H and O–H groups in total. The lowest BCUT2D eigenvalue weighted by Gasteiger charge is -2.24. The summed E-state index contributed by atoms with van der Waals surface area (Å²) in [5.41, 5.74) is 2.23. The number of aromatic nitrogens is 1. The smallest absolute Gasteiger partial charge is 0.406 e. The van der Waals surface area contributed by atoms with Gasteiger partial charge >= 0.3 is 6.18 Å². The van der Waals surface area contributed by atoms with E-state index in [-0.39, 0.29) is 18.3 Å². The minimum atomic E-state index is -4.40. The highest BCUT2D eigenvalue weighted by Crippen LogP contribution is 2.32. The molecule has 1 fully saturated rings. The molecule has 1 aromatic heterocycles. The fraction of sp³-hybridized carbons (Fsp3) is 0.345. The molecule has 2 aliphatic rings. The van der Waals surface area contributed by atoms with Gasteiger partial charge in [-0.2, -0.15) is 13.2 Å². The second kappa shape index (κ2) is 13.0. The van der Waals surface area contributed by atoms with E-state index in [2.05, 4.69) is 32.2 Å². The van der Waals surface area contributed by atoms with Crippen LogP contribution in [0.15, 0.2) is 64.5 Å². The second-order valence-corrected chi connectivity index (χ2v) is 12.2. The Balaban J connectivity index is 1.32. The van der Waals surface area contributed by atoms with Crippen molar-refractivity contribution in [1.82, 2.24) is 9.29 Å². The van der Waals surface area contributed by atoms with Crippen LogP contribution in [0, 0.1) is 11.8 Å². The van der Waals surface area contributed by atoms with Gasteiger partial charge in [0, 0.05) is 44.3 Å². The number of anilines is 2. The lowest BCUT2D eigenvalue weighted by molar-refractivity contribution is -0.140. The first kappa shape index (κ1) is 29.0. The summed E-state index contributed by atoms with van der Waals surface area (Å²) in [7, 11) is 0.783. The molecule has 2 aliphatic heterocycles. The number of benzene rings is 2. The van der Waals surface area contributed by atoms with Gasteiger partial charge in [0.25, 0.3) is 0 Å². The van der Waals surface area contributed by atoms with E-state index < -0.39 is 23.5 Å². The predicted molar refractivity (Wildman–Crippen MR) is 161 cm³/mol. The highest BCUT2D eigenvalue weighted by molar-refractivity contribution is 7.98. The number of ether oxygens (including phenoxy) is 1. The molecule has 3 heterocycles. The van der Waals surface area contributed by atoms with E-state index in [1.807, 2.05) is 36.4 Å². The molecular formula is C29H30F3N5O2S2.